The predicted octanol–water partition coefficient (Wildman–Crippen LogP) is 4.08. The van der Waals surface area contributed by atoms with E-state index in [4.69, 9.17) is 21.1 Å². The molecule has 1 aliphatic rings. The molecule has 1 amide bonds. The lowest BCUT2D eigenvalue weighted by Crippen LogP contribution is -2.27. The number of benzene rings is 2. The Morgan fingerprint density at radius 1 is 0.935 bits per heavy atom. The Morgan fingerprint density at radius 2 is 1.65 bits per heavy atom. The van der Waals surface area contributed by atoms with Crippen molar-refractivity contribution in [1.29, 1.82) is 0 Å². The highest BCUT2D eigenvalue weighted by Crippen LogP contribution is 2.27. The second-order valence-electron chi connectivity index (χ2n) is 6.33. The maximum atomic E-state index is 12.7. The van der Waals surface area contributed by atoms with Crippen molar-refractivity contribution < 1.29 is 23.9 Å². The minimum atomic E-state index is -0.729. The van der Waals surface area contributed by atoms with E-state index in [2.05, 4.69) is 5.32 Å². The zero-order valence-corrected chi connectivity index (χ0v) is 17.6. The summed E-state index contributed by atoms with van der Waals surface area (Å²) in [4.78, 5) is 39.0. The normalized spacial score (nSPS) is 12.9. The maximum Gasteiger partial charge on any atom is 0.355 e. The van der Waals surface area contributed by atoms with E-state index in [0.717, 1.165) is 0 Å². The van der Waals surface area contributed by atoms with Crippen molar-refractivity contribution >= 4 is 40.8 Å². The molecule has 8 heteroatoms. The number of hydrogen-bond donors (Lipinski definition) is 1. The number of methoxy groups -OCH3 is 2. The summed E-state index contributed by atoms with van der Waals surface area (Å²) in [5.41, 5.74) is 1.40. The average Bonchev–Trinajstić information content (AvgIpc) is 3.02. The van der Waals surface area contributed by atoms with Crippen molar-refractivity contribution in [3.8, 4) is 0 Å². The van der Waals surface area contributed by atoms with E-state index in [1.165, 1.54) is 25.2 Å². The Balaban J connectivity index is 1.99. The topological polar surface area (TPSA) is 84.9 Å². The van der Waals surface area contributed by atoms with Crippen molar-refractivity contribution in [2.75, 3.05) is 24.4 Å². The number of esters is 2. The largest absolute Gasteiger partial charge is 0.465 e. The van der Waals surface area contributed by atoms with Gasteiger partial charge in [0.15, 0.2) is 0 Å². The van der Waals surface area contributed by atoms with Crippen LogP contribution in [0.3, 0.4) is 0 Å². The minimum Gasteiger partial charge on any atom is -0.465 e. The van der Waals surface area contributed by atoms with Crippen molar-refractivity contribution in [3.05, 3.63) is 94.8 Å². The zero-order valence-electron chi connectivity index (χ0n) is 16.8. The van der Waals surface area contributed by atoms with Gasteiger partial charge < -0.3 is 19.7 Å². The second kappa shape index (κ2) is 9.77. The fraction of sp³-hybridized carbons (Fsp3) is 0.0870. The molecule has 0 saturated heterocycles. The molecular formula is C23H19ClN2O5. The fourth-order valence-corrected chi connectivity index (χ4v) is 3.03. The lowest BCUT2D eigenvalue weighted by atomic mass is 10.1. The molecule has 1 aliphatic heterocycles. The van der Waals surface area contributed by atoms with Gasteiger partial charge in [-0.1, -0.05) is 23.7 Å². The molecular weight excluding hydrogens is 420 g/mol. The summed E-state index contributed by atoms with van der Waals surface area (Å²) in [6.45, 7) is 0. The molecule has 7 nitrogen and oxygen atoms in total. The molecule has 1 heterocycles. The van der Waals surface area contributed by atoms with Crippen LogP contribution in [0, 0.1) is 0 Å². The van der Waals surface area contributed by atoms with Gasteiger partial charge in [0.1, 0.15) is 5.70 Å². The Labute approximate surface area is 184 Å². The lowest BCUT2D eigenvalue weighted by molar-refractivity contribution is -0.139. The summed E-state index contributed by atoms with van der Waals surface area (Å²) in [6, 6.07) is 13.3. The fourth-order valence-electron chi connectivity index (χ4n) is 2.90. The van der Waals surface area contributed by atoms with Crippen LogP contribution >= 0.6 is 11.6 Å². The molecule has 0 atom stereocenters. The van der Waals surface area contributed by atoms with Gasteiger partial charge in [0.25, 0.3) is 5.91 Å². The van der Waals surface area contributed by atoms with Gasteiger partial charge in [-0.15, -0.1) is 0 Å². The number of nitrogens with one attached hydrogen (secondary N) is 1. The van der Waals surface area contributed by atoms with E-state index in [0.29, 0.717) is 22.0 Å². The molecule has 2 aromatic rings. The van der Waals surface area contributed by atoms with Crippen molar-refractivity contribution in [2.45, 2.75) is 0 Å². The molecule has 0 bridgehead atoms. The average molecular weight is 439 g/mol. The van der Waals surface area contributed by atoms with Crippen molar-refractivity contribution in [2.24, 2.45) is 0 Å². The summed E-state index contributed by atoms with van der Waals surface area (Å²) in [5, 5.41) is 3.35. The highest BCUT2D eigenvalue weighted by Gasteiger charge is 2.27. The molecule has 0 radical (unpaired) electrons. The van der Waals surface area contributed by atoms with Crippen LogP contribution in [0.1, 0.15) is 10.4 Å². The van der Waals surface area contributed by atoms with Crippen LogP contribution in [-0.4, -0.2) is 32.1 Å². The number of rotatable bonds is 5. The van der Waals surface area contributed by atoms with Gasteiger partial charge in [-0.25, -0.2) is 9.59 Å². The third-order valence-electron chi connectivity index (χ3n) is 4.38. The smallest absolute Gasteiger partial charge is 0.355 e. The van der Waals surface area contributed by atoms with E-state index in [1.54, 1.807) is 66.9 Å². The number of amides is 1. The summed E-state index contributed by atoms with van der Waals surface area (Å²) >= 11 is 5.88. The monoisotopic (exact) mass is 438 g/mol. The summed E-state index contributed by atoms with van der Waals surface area (Å²) < 4.78 is 9.69. The molecule has 0 fully saturated rings. The molecule has 0 unspecified atom stereocenters. The van der Waals surface area contributed by atoms with Gasteiger partial charge in [0, 0.05) is 28.2 Å². The molecule has 2 aromatic carbocycles. The quantitative estimate of drug-likeness (QED) is 0.708. The van der Waals surface area contributed by atoms with Gasteiger partial charge in [-0.3, -0.25) is 4.79 Å². The van der Waals surface area contributed by atoms with Crippen LogP contribution in [0.2, 0.25) is 5.02 Å². The number of carbonyl (C=O) groups is 3. The Kier molecular flexibility index (Phi) is 6.89. The number of allylic oxidation sites excluding steroid dienone is 2. The minimum absolute atomic E-state index is 0.0235. The maximum absolute atomic E-state index is 12.7. The summed E-state index contributed by atoms with van der Waals surface area (Å²) in [6.07, 6.45) is 6.31. The number of anilines is 2. The molecule has 31 heavy (non-hydrogen) atoms. The third-order valence-corrected chi connectivity index (χ3v) is 4.63. The van der Waals surface area contributed by atoms with Crippen LogP contribution in [0.15, 0.2) is 84.2 Å². The number of nitrogens with zero attached hydrogens (tertiary/aromatic N) is 1. The van der Waals surface area contributed by atoms with Gasteiger partial charge in [-0.2, -0.15) is 0 Å². The SMILES string of the molecule is COC(=O)C1=C(C(=O)OC)N(c2cccc(C(=O)Nc3ccc(Cl)cc3)c2)C=CC=C1. The Bertz CT molecular complexity index is 1100. The zero-order chi connectivity index (χ0) is 22.4. The summed E-state index contributed by atoms with van der Waals surface area (Å²) in [5.74, 6) is -1.77. The lowest BCUT2D eigenvalue weighted by Gasteiger charge is -2.23. The summed E-state index contributed by atoms with van der Waals surface area (Å²) in [7, 11) is 2.44. The number of carbonyl (C=O) groups excluding carboxylic acids is 3. The molecule has 3 rings (SSSR count). The second-order valence-corrected chi connectivity index (χ2v) is 6.76. The number of halogens is 1. The van der Waals surface area contributed by atoms with E-state index < -0.39 is 11.9 Å². The van der Waals surface area contributed by atoms with Gasteiger partial charge in [0.2, 0.25) is 0 Å². The van der Waals surface area contributed by atoms with Crippen molar-refractivity contribution in [1.82, 2.24) is 0 Å². The number of hydrogen-bond acceptors (Lipinski definition) is 6. The Morgan fingerprint density at radius 3 is 2.32 bits per heavy atom. The third kappa shape index (κ3) is 5.02. The molecule has 0 aromatic heterocycles. The first-order valence-corrected chi connectivity index (χ1v) is 9.54. The van der Waals surface area contributed by atoms with Gasteiger partial charge in [-0.05, 0) is 54.6 Å². The van der Waals surface area contributed by atoms with Crippen LogP contribution in [0.5, 0.6) is 0 Å². The van der Waals surface area contributed by atoms with E-state index in [9.17, 15) is 14.4 Å². The van der Waals surface area contributed by atoms with Crippen LogP contribution in [-0.2, 0) is 19.1 Å². The first-order chi connectivity index (χ1) is 14.9. The van der Waals surface area contributed by atoms with E-state index in [-0.39, 0.29) is 17.2 Å². The first kappa shape index (κ1) is 21.9. The molecule has 1 N–H and O–H groups in total. The first-order valence-electron chi connectivity index (χ1n) is 9.16. The highest BCUT2D eigenvalue weighted by molar-refractivity contribution is 6.30. The number of ether oxygens (including phenoxy) is 2. The highest BCUT2D eigenvalue weighted by atomic mass is 35.5. The molecule has 0 spiro atoms. The molecule has 158 valence electrons. The van der Waals surface area contributed by atoms with Crippen LogP contribution < -0.4 is 10.2 Å². The van der Waals surface area contributed by atoms with Crippen LogP contribution in [0.4, 0.5) is 11.4 Å². The van der Waals surface area contributed by atoms with Gasteiger partial charge >= 0.3 is 11.9 Å². The molecule has 0 aliphatic carbocycles. The molecule has 0 saturated carbocycles. The van der Waals surface area contributed by atoms with E-state index >= 15 is 0 Å². The standard InChI is InChI=1S/C23H19ClN2O5/c1-30-22(28)19-8-3-4-13-26(20(19)23(29)31-2)18-7-5-6-15(14-18)21(27)25-17-11-9-16(24)10-12-17/h3-14H,1-2H3,(H,25,27). The van der Waals surface area contributed by atoms with Crippen molar-refractivity contribution in [3.63, 3.8) is 0 Å². The van der Waals surface area contributed by atoms with E-state index in [1.807, 2.05) is 0 Å². The Hall–Kier alpha value is -3.84. The van der Waals surface area contributed by atoms with Gasteiger partial charge in [0.05, 0.1) is 19.8 Å². The predicted molar refractivity (Wildman–Crippen MR) is 118 cm³/mol. The van der Waals surface area contributed by atoms with Crippen LogP contribution in [0.25, 0.3) is 0 Å².